The van der Waals surface area contributed by atoms with Crippen molar-refractivity contribution in [2.75, 3.05) is 26.7 Å². The minimum atomic E-state index is -0.540. The van der Waals surface area contributed by atoms with Crippen LogP contribution in [0.1, 0.15) is 58.8 Å². The van der Waals surface area contributed by atoms with Gasteiger partial charge in [-0.1, -0.05) is 19.8 Å². The van der Waals surface area contributed by atoms with Gasteiger partial charge >= 0.3 is 0 Å². The Morgan fingerprint density at radius 1 is 1.21 bits per heavy atom. The van der Waals surface area contributed by atoms with Crippen molar-refractivity contribution in [2.45, 2.75) is 74.3 Å². The van der Waals surface area contributed by atoms with Gasteiger partial charge in [0.15, 0.2) is 0 Å². The Kier molecular flexibility index (Phi) is 6.83. The van der Waals surface area contributed by atoms with Crippen molar-refractivity contribution in [3.05, 3.63) is 0 Å². The number of carbonyl (C=O) groups is 3. The fraction of sp³-hybridized carbons (Fsp3) is 0.857. The van der Waals surface area contributed by atoms with Crippen LogP contribution >= 0.6 is 11.8 Å². The molecule has 3 amide bonds. The van der Waals surface area contributed by atoms with Crippen LogP contribution in [-0.2, 0) is 14.4 Å². The predicted octanol–water partition coefficient (Wildman–Crippen LogP) is 1.29. The monoisotopic (exact) mass is 425 g/mol. The Bertz CT molecular complexity index is 660. The van der Waals surface area contributed by atoms with Crippen molar-refractivity contribution >= 4 is 29.5 Å². The van der Waals surface area contributed by atoms with E-state index in [0.29, 0.717) is 25.9 Å². The zero-order chi connectivity index (χ0) is 21.2. The maximum atomic E-state index is 13.5. The molecule has 0 radical (unpaired) electrons. The van der Waals surface area contributed by atoms with Gasteiger partial charge < -0.3 is 20.6 Å². The molecule has 2 bridgehead atoms. The van der Waals surface area contributed by atoms with Crippen LogP contribution in [-0.4, -0.2) is 70.0 Å². The average molecular weight is 426 g/mol. The van der Waals surface area contributed by atoms with E-state index >= 15 is 0 Å². The van der Waals surface area contributed by atoms with E-state index in [9.17, 15) is 14.4 Å². The van der Waals surface area contributed by atoms with E-state index in [2.05, 4.69) is 24.5 Å². The van der Waals surface area contributed by atoms with Gasteiger partial charge in [-0.05, 0) is 39.0 Å². The first kappa shape index (κ1) is 22.4. The topological polar surface area (TPSA) is 98.7 Å². The number of amides is 3. The predicted molar refractivity (Wildman–Crippen MR) is 113 cm³/mol. The number of hydrogen-bond donors (Lipinski definition) is 3. The molecule has 0 saturated carbocycles. The summed E-state index contributed by atoms with van der Waals surface area (Å²) in [5, 5.41) is 15.0. The molecule has 7 nitrogen and oxygen atoms in total. The van der Waals surface area contributed by atoms with Crippen molar-refractivity contribution in [2.24, 2.45) is 11.8 Å². The first-order chi connectivity index (χ1) is 13.9. The minimum Gasteiger partial charge on any atom is -0.396 e. The maximum absolute atomic E-state index is 13.5. The van der Waals surface area contributed by atoms with E-state index in [1.54, 1.807) is 23.7 Å². The van der Waals surface area contributed by atoms with Gasteiger partial charge in [0.2, 0.25) is 17.7 Å². The summed E-state index contributed by atoms with van der Waals surface area (Å²) >= 11 is 1.70. The zero-order valence-corrected chi connectivity index (χ0v) is 18.6. The first-order valence-corrected chi connectivity index (χ1v) is 11.8. The van der Waals surface area contributed by atoms with E-state index in [1.165, 1.54) is 0 Å². The molecule has 0 aromatic carbocycles. The number of rotatable bonds is 10. The van der Waals surface area contributed by atoms with Gasteiger partial charge in [-0.2, -0.15) is 0 Å². The van der Waals surface area contributed by atoms with Gasteiger partial charge in [-0.25, -0.2) is 0 Å². The van der Waals surface area contributed by atoms with Crippen molar-refractivity contribution < 1.29 is 19.5 Å². The summed E-state index contributed by atoms with van der Waals surface area (Å²) in [5.74, 6) is -1.11. The Balaban J connectivity index is 1.89. The number of unbranched alkanes of at least 4 members (excludes halogenated alkanes) is 3. The summed E-state index contributed by atoms with van der Waals surface area (Å²) in [7, 11) is 1.62. The number of aliphatic hydroxyl groups is 1. The number of nitrogens with one attached hydrogen (secondary N) is 2. The lowest BCUT2D eigenvalue weighted by Crippen LogP contribution is -2.54. The number of likely N-dealkylation sites (tertiary alicyclic amines) is 1. The van der Waals surface area contributed by atoms with Gasteiger partial charge in [-0.15, -0.1) is 11.8 Å². The molecule has 29 heavy (non-hydrogen) atoms. The van der Waals surface area contributed by atoms with Crippen molar-refractivity contribution in [1.82, 2.24) is 15.5 Å². The summed E-state index contributed by atoms with van der Waals surface area (Å²) in [4.78, 5) is 41.3. The molecule has 3 fully saturated rings. The molecule has 5 atom stereocenters. The number of nitrogens with zero attached hydrogens (tertiary/aromatic N) is 1. The van der Waals surface area contributed by atoms with Gasteiger partial charge in [-0.3, -0.25) is 14.4 Å². The normalized spacial score (nSPS) is 35.1. The van der Waals surface area contributed by atoms with E-state index in [1.807, 2.05) is 0 Å². The second-order valence-electron chi connectivity index (χ2n) is 8.80. The van der Waals surface area contributed by atoms with Crippen molar-refractivity contribution in [3.63, 3.8) is 0 Å². The lowest BCUT2D eigenvalue weighted by molar-refractivity contribution is -0.140. The quantitative estimate of drug-likeness (QED) is 0.458. The third kappa shape index (κ3) is 3.67. The third-order valence-electron chi connectivity index (χ3n) is 6.94. The maximum Gasteiger partial charge on any atom is 0.244 e. The number of carbonyl (C=O) groups excluding carboxylic acids is 3. The molecule has 3 saturated heterocycles. The van der Waals surface area contributed by atoms with Crippen molar-refractivity contribution in [3.8, 4) is 0 Å². The molecule has 3 heterocycles. The highest BCUT2D eigenvalue weighted by Gasteiger charge is 2.76. The molecule has 0 aliphatic carbocycles. The lowest BCUT2D eigenvalue weighted by Gasteiger charge is -2.34. The van der Waals surface area contributed by atoms with Gasteiger partial charge in [0.05, 0.1) is 16.6 Å². The molecule has 0 aromatic rings. The van der Waals surface area contributed by atoms with E-state index in [0.717, 1.165) is 32.1 Å². The van der Waals surface area contributed by atoms with Gasteiger partial charge in [0, 0.05) is 31.5 Å². The van der Waals surface area contributed by atoms with E-state index in [-0.39, 0.29) is 29.1 Å². The number of fused-ring (bicyclic) bond motifs is 1. The average Bonchev–Trinajstić information content (AvgIpc) is 3.26. The standard InChI is InChI=1S/C21H35N3O4S/c1-4-5-6-11-23-18(27)16-21-10-9-20(2,29-21)14(17(26)22-3)15(21)19(28)24(16)12-7-8-13-25/h14-16,25H,4-13H2,1-3H3,(H,22,26)(H,23,27)/t14-,15-,16?,20+,21?/m0/s1. The Morgan fingerprint density at radius 3 is 2.62 bits per heavy atom. The SMILES string of the molecule is CCCCCNC(=O)C1N(CCCCO)C(=O)[C@@H]2[C@@H](C(=O)NC)[C@@]3(C)CCC12S3. The van der Waals surface area contributed by atoms with Crippen LogP contribution in [0.2, 0.25) is 0 Å². The lowest BCUT2D eigenvalue weighted by atomic mass is 9.66. The number of aliphatic hydroxyl groups excluding tert-OH is 1. The summed E-state index contributed by atoms with van der Waals surface area (Å²) in [5.41, 5.74) is 0. The van der Waals surface area contributed by atoms with Gasteiger partial charge in [0.25, 0.3) is 0 Å². The summed E-state index contributed by atoms with van der Waals surface area (Å²) < 4.78 is -0.838. The second kappa shape index (κ2) is 8.84. The molecule has 8 heteroatoms. The first-order valence-electron chi connectivity index (χ1n) is 11.0. The van der Waals surface area contributed by atoms with Crippen LogP contribution in [0.5, 0.6) is 0 Å². The number of thioether (sulfide) groups is 1. The molecule has 3 N–H and O–H groups in total. The summed E-state index contributed by atoms with van der Waals surface area (Å²) in [6.07, 6.45) is 5.93. The Labute approximate surface area is 177 Å². The van der Waals surface area contributed by atoms with Crippen LogP contribution in [0, 0.1) is 11.8 Å². The van der Waals surface area contributed by atoms with Crippen LogP contribution in [0.25, 0.3) is 0 Å². The van der Waals surface area contributed by atoms with Gasteiger partial charge in [0.1, 0.15) is 6.04 Å². The fourth-order valence-electron chi connectivity index (χ4n) is 5.60. The molecule has 3 aliphatic rings. The second-order valence-corrected chi connectivity index (χ2v) is 10.7. The van der Waals surface area contributed by atoms with Crippen LogP contribution < -0.4 is 10.6 Å². The largest absolute Gasteiger partial charge is 0.396 e. The molecule has 3 aliphatic heterocycles. The highest BCUT2D eigenvalue weighted by Crippen LogP contribution is 2.71. The molecular weight excluding hydrogens is 390 g/mol. The highest BCUT2D eigenvalue weighted by molar-refractivity contribution is 8.02. The van der Waals surface area contributed by atoms with Crippen molar-refractivity contribution in [1.29, 1.82) is 0 Å². The van der Waals surface area contributed by atoms with E-state index in [4.69, 9.17) is 5.11 Å². The molecule has 164 valence electrons. The molecule has 0 aromatic heterocycles. The number of hydrogen-bond acceptors (Lipinski definition) is 5. The molecule has 2 unspecified atom stereocenters. The highest BCUT2D eigenvalue weighted by atomic mass is 32.2. The smallest absolute Gasteiger partial charge is 0.244 e. The Hall–Kier alpha value is -1.28. The molecular formula is C21H35N3O4S. The van der Waals surface area contributed by atoms with Crippen LogP contribution in [0.15, 0.2) is 0 Å². The Morgan fingerprint density at radius 2 is 1.97 bits per heavy atom. The fourth-order valence-corrected chi connectivity index (χ4v) is 7.96. The zero-order valence-electron chi connectivity index (χ0n) is 17.8. The minimum absolute atomic E-state index is 0.0676. The van der Waals surface area contributed by atoms with Crippen LogP contribution in [0.3, 0.4) is 0 Å². The van der Waals surface area contributed by atoms with Crippen LogP contribution in [0.4, 0.5) is 0 Å². The molecule has 3 rings (SSSR count). The third-order valence-corrected chi connectivity index (χ3v) is 8.93. The molecule has 1 spiro atoms. The van der Waals surface area contributed by atoms with E-state index < -0.39 is 22.6 Å². The summed E-state index contributed by atoms with van der Waals surface area (Å²) in [6, 6.07) is -0.540. The summed E-state index contributed by atoms with van der Waals surface area (Å²) in [6.45, 7) is 5.32.